The van der Waals surface area contributed by atoms with Crippen molar-refractivity contribution in [1.29, 1.82) is 0 Å². The Hall–Kier alpha value is -1.91. The van der Waals surface area contributed by atoms with Crippen molar-refractivity contribution in [2.75, 3.05) is 11.4 Å². The van der Waals surface area contributed by atoms with E-state index in [1.807, 2.05) is 4.90 Å². The number of nitrogens with zero attached hydrogens (tertiary/aromatic N) is 2. The number of hydrogen-bond acceptors (Lipinski definition) is 3. The molecule has 3 rings (SSSR count). The maximum atomic E-state index is 12.2. The average Bonchev–Trinajstić information content (AvgIpc) is 2.50. The fourth-order valence-electron chi connectivity index (χ4n) is 3.49. The molecule has 2 aliphatic rings. The third-order valence-electron chi connectivity index (χ3n) is 4.64. The van der Waals surface area contributed by atoms with Gasteiger partial charge in [-0.25, -0.2) is 0 Å². The minimum atomic E-state index is -0.373. The summed E-state index contributed by atoms with van der Waals surface area (Å²) in [6, 6.07) is 4.87. The second-order valence-electron chi connectivity index (χ2n) is 6.08. The summed E-state index contributed by atoms with van der Waals surface area (Å²) in [5.41, 5.74) is 1.92. The number of carbonyl (C=O) groups excluding carboxylic acids is 1. The predicted octanol–water partition coefficient (Wildman–Crippen LogP) is 3.45. The number of non-ortho nitro benzene ring substituents is 1. The van der Waals surface area contributed by atoms with Crippen molar-refractivity contribution < 1.29 is 9.72 Å². The Morgan fingerprint density at radius 3 is 2.67 bits per heavy atom. The van der Waals surface area contributed by atoms with Crippen LogP contribution in [0, 0.1) is 16.0 Å². The first-order valence-corrected chi connectivity index (χ1v) is 7.73. The number of amides is 1. The van der Waals surface area contributed by atoms with Gasteiger partial charge in [-0.05, 0) is 36.8 Å². The molecule has 5 heteroatoms. The molecule has 1 heterocycles. The van der Waals surface area contributed by atoms with Gasteiger partial charge in [-0.1, -0.05) is 19.3 Å². The Balaban J connectivity index is 1.84. The van der Waals surface area contributed by atoms with Crippen LogP contribution in [0.2, 0.25) is 0 Å². The molecule has 0 spiro atoms. The standard InChI is InChI=1S/C16H20N2O3/c19-16-9-6-13-10-14(18(20)21)7-8-15(13)17(16)11-12-4-2-1-3-5-12/h7-8,10,12H,1-6,9,11H2. The third kappa shape index (κ3) is 2.91. The van der Waals surface area contributed by atoms with Gasteiger partial charge in [0, 0.05) is 30.8 Å². The van der Waals surface area contributed by atoms with E-state index < -0.39 is 0 Å². The summed E-state index contributed by atoms with van der Waals surface area (Å²) in [7, 11) is 0. The van der Waals surface area contributed by atoms with E-state index in [0.29, 0.717) is 18.8 Å². The molecule has 0 atom stereocenters. The van der Waals surface area contributed by atoms with E-state index in [9.17, 15) is 14.9 Å². The Kier molecular flexibility index (Phi) is 3.90. The fraction of sp³-hybridized carbons (Fsp3) is 0.562. The minimum Gasteiger partial charge on any atom is -0.312 e. The van der Waals surface area contributed by atoms with Crippen LogP contribution in [0.3, 0.4) is 0 Å². The molecule has 1 aliphatic heterocycles. The maximum absolute atomic E-state index is 12.2. The van der Waals surface area contributed by atoms with Crippen LogP contribution in [-0.4, -0.2) is 17.4 Å². The lowest BCUT2D eigenvalue weighted by Gasteiger charge is -2.33. The first-order valence-electron chi connectivity index (χ1n) is 7.73. The molecule has 1 aromatic carbocycles. The van der Waals surface area contributed by atoms with Gasteiger partial charge in [0.25, 0.3) is 5.69 Å². The van der Waals surface area contributed by atoms with Crippen LogP contribution < -0.4 is 4.90 Å². The van der Waals surface area contributed by atoms with E-state index in [0.717, 1.165) is 17.8 Å². The quantitative estimate of drug-likeness (QED) is 0.632. The van der Waals surface area contributed by atoms with Crippen LogP contribution >= 0.6 is 0 Å². The number of fused-ring (bicyclic) bond motifs is 1. The van der Waals surface area contributed by atoms with Crippen molar-refractivity contribution >= 4 is 17.3 Å². The van der Waals surface area contributed by atoms with Gasteiger partial charge in [-0.2, -0.15) is 0 Å². The highest BCUT2D eigenvalue weighted by Gasteiger charge is 2.28. The molecule has 0 radical (unpaired) electrons. The Labute approximate surface area is 124 Å². The number of hydrogen-bond donors (Lipinski definition) is 0. The smallest absolute Gasteiger partial charge is 0.269 e. The van der Waals surface area contributed by atoms with Gasteiger partial charge in [0.05, 0.1) is 4.92 Å². The molecule has 5 nitrogen and oxygen atoms in total. The number of rotatable bonds is 3. The Bertz CT molecular complexity index is 565. The van der Waals surface area contributed by atoms with Crippen molar-refractivity contribution in [2.45, 2.75) is 44.9 Å². The van der Waals surface area contributed by atoms with Crippen LogP contribution in [0.1, 0.15) is 44.1 Å². The first kappa shape index (κ1) is 14.0. The number of benzene rings is 1. The zero-order valence-electron chi connectivity index (χ0n) is 12.1. The normalized spacial score (nSPS) is 19.4. The summed E-state index contributed by atoms with van der Waals surface area (Å²) < 4.78 is 0. The van der Waals surface area contributed by atoms with Gasteiger partial charge in [-0.3, -0.25) is 14.9 Å². The van der Waals surface area contributed by atoms with E-state index in [1.54, 1.807) is 12.1 Å². The summed E-state index contributed by atoms with van der Waals surface area (Å²) in [4.78, 5) is 24.6. The number of aryl methyl sites for hydroxylation is 1. The molecule has 1 fully saturated rings. The van der Waals surface area contributed by atoms with Crippen LogP contribution in [0.25, 0.3) is 0 Å². The van der Waals surface area contributed by atoms with Crippen molar-refractivity contribution in [1.82, 2.24) is 0 Å². The third-order valence-corrected chi connectivity index (χ3v) is 4.64. The second kappa shape index (κ2) is 5.84. The van der Waals surface area contributed by atoms with Gasteiger partial charge in [0.2, 0.25) is 5.91 Å². The zero-order chi connectivity index (χ0) is 14.8. The lowest BCUT2D eigenvalue weighted by molar-refractivity contribution is -0.384. The molecule has 0 saturated heterocycles. The highest BCUT2D eigenvalue weighted by molar-refractivity contribution is 5.96. The van der Waals surface area contributed by atoms with Gasteiger partial charge >= 0.3 is 0 Å². The summed E-state index contributed by atoms with van der Waals surface area (Å²) in [5.74, 6) is 0.728. The molecule has 1 aliphatic carbocycles. The van der Waals surface area contributed by atoms with Crippen molar-refractivity contribution in [3.05, 3.63) is 33.9 Å². The number of nitro groups is 1. The summed E-state index contributed by atoms with van der Waals surface area (Å²) in [5, 5.41) is 10.9. The van der Waals surface area contributed by atoms with Crippen LogP contribution in [0.15, 0.2) is 18.2 Å². The number of anilines is 1. The molecule has 21 heavy (non-hydrogen) atoms. The van der Waals surface area contributed by atoms with E-state index in [4.69, 9.17) is 0 Å². The van der Waals surface area contributed by atoms with Gasteiger partial charge in [0.1, 0.15) is 0 Å². The maximum Gasteiger partial charge on any atom is 0.269 e. The number of nitro benzene ring substituents is 1. The molecule has 0 aromatic heterocycles. The average molecular weight is 288 g/mol. The van der Waals surface area contributed by atoms with E-state index >= 15 is 0 Å². The molecule has 1 amide bonds. The Morgan fingerprint density at radius 1 is 1.19 bits per heavy atom. The molecule has 0 unspecified atom stereocenters. The summed E-state index contributed by atoms with van der Waals surface area (Å²) in [6.45, 7) is 0.768. The SMILES string of the molecule is O=C1CCc2cc([N+](=O)[O-])ccc2N1CC1CCCCC1. The van der Waals surface area contributed by atoms with Crippen LogP contribution in [0.4, 0.5) is 11.4 Å². The molecule has 0 N–H and O–H groups in total. The van der Waals surface area contributed by atoms with Crippen molar-refractivity contribution in [2.24, 2.45) is 5.92 Å². The predicted molar refractivity (Wildman–Crippen MR) is 80.3 cm³/mol. The van der Waals surface area contributed by atoms with Crippen molar-refractivity contribution in [3.8, 4) is 0 Å². The molecule has 1 saturated carbocycles. The molecule has 0 bridgehead atoms. The fourth-order valence-corrected chi connectivity index (χ4v) is 3.49. The summed E-state index contributed by atoms with van der Waals surface area (Å²) in [6.07, 6.45) is 7.24. The van der Waals surface area contributed by atoms with Gasteiger partial charge in [0.15, 0.2) is 0 Å². The molecule has 1 aromatic rings. The van der Waals surface area contributed by atoms with Crippen LogP contribution in [-0.2, 0) is 11.2 Å². The van der Waals surface area contributed by atoms with Gasteiger partial charge in [-0.15, -0.1) is 0 Å². The summed E-state index contributed by atoms with van der Waals surface area (Å²) >= 11 is 0. The minimum absolute atomic E-state index is 0.112. The lowest BCUT2D eigenvalue weighted by Crippen LogP contribution is -2.39. The molecular weight excluding hydrogens is 268 g/mol. The highest BCUT2D eigenvalue weighted by Crippen LogP contribution is 2.33. The largest absolute Gasteiger partial charge is 0.312 e. The van der Waals surface area contributed by atoms with E-state index in [1.165, 1.54) is 38.2 Å². The van der Waals surface area contributed by atoms with E-state index in [2.05, 4.69) is 0 Å². The van der Waals surface area contributed by atoms with E-state index in [-0.39, 0.29) is 16.5 Å². The molecular formula is C16H20N2O3. The second-order valence-corrected chi connectivity index (χ2v) is 6.08. The lowest BCUT2D eigenvalue weighted by atomic mass is 9.88. The number of carbonyl (C=O) groups is 1. The van der Waals surface area contributed by atoms with Crippen molar-refractivity contribution in [3.63, 3.8) is 0 Å². The van der Waals surface area contributed by atoms with Gasteiger partial charge < -0.3 is 4.90 Å². The zero-order valence-corrected chi connectivity index (χ0v) is 12.1. The highest BCUT2D eigenvalue weighted by atomic mass is 16.6. The van der Waals surface area contributed by atoms with Crippen LogP contribution in [0.5, 0.6) is 0 Å². The molecule has 112 valence electrons. The topological polar surface area (TPSA) is 63.4 Å². The Morgan fingerprint density at radius 2 is 1.95 bits per heavy atom. The first-order chi connectivity index (χ1) is 10.1. The monoisotopic (exact) mass is 288 g/mol.